The van der Waals surface area contributed by atoms with Crippen LogP contribution in [-0.2, 0) is 29.2 Å². The molecule has 10 nitrogen and oxygen atoms in total. The van der Waals surface area contributed by atoms with Gasteiger partial charge in [0, 0.05) is 6.61 Å². The Balaban J connectivity index is 1.52. The Morgan fingerprint density at radius 2 is 1.49 bits per heavy atom. The van der Waals surface area contributed by atoms with Crippen LogP contribution < -0.4 is 0 Å². The van der Waals surface area contributed by atoms with Crippen LogP contribution in [0.2, 0.25) is 0 Å². The van der Waals surface area contributed by atoms with Gasteiger partial charge in [-0.25, -0.2) is 8.37 Å². The summed E-state index contributed by atoms with van der Waals surface area (Å²) in [6.07, 6.45) is 7.52. The lowest BCUT2D eigenvalue weighted by Crippen LogP contribution is -2.59. The van der Waals surface area contributed by atoms with Gasteiger partial charge in [0.15, 0.2) is 0 Å². The summed E-state index contributed by atoms with van der Waals surface area (Å²) in [6.45, 7) is 8.85. The highest BCUT2D eigenvalue weighted by molar-refractivity contribution is 7.81. The normalized spacial score (nSPS) is 41.6. The van der Waals surface area contributed by atoms with Gasteiger partial charge in [-0.2, -0.15) is 16.8 Å². The maximum Gasteiger partial charge on any atom is 0.397 e. The first-order valence-corrected chi connectivity index (χ1v) is 18.3. The van der Waals surface area contributed by atoms with Gasteiger partial charge in [-0.3, -0.25) is 9.11 Å². The van der Waals surface area contributed by atoms with Crippen LogP contribution in [0.15, 0.2) is 0 Å². The van der Waals surface area contributed by atoms with E-state index in [1.54, 1.807) is 0 Å². The van der Waals surface area contributed by atoms with E-state index in [0.717, 1.165) is 64.2 Å². The molecule has 0 aliphatic heterocycles. The Bertz CT molecular complexity index is 1110. The molecular formula is C29H52O10S2. The molecule has 41 heavy (non-hydrogen) atoms. The summed E-state index contributed by atoms with van der Waals surface area (Å²) in [5.74, 6) is 1.94. The Hall–Kier alpha value is -0.340. The van der Waals surface area contributed by atoms with Crippen molar-refractivity contribution >= 4 is 20.8 Å². The molecule has 4 aliphatic rings. The zero-order valence-corrected chi connectivity index (χ0v) is 26.7. The van der Waals surface area contributed by atoms with Gasteiger partial charge in [0.2, 0.25) is 0 Å². The average molecular weight is 625 g/mol. The van der Waals surface area contributed by atoms with Crippen molar-refractivity contribution in [1.82, 2.24) is 0 Å². The number of aliphatic hydroxyl groups excluding tert-OH is 2. The molecule has 0 radical (unpaired) electrons. The number of hydrogen-bond acceptors (Lipinski definition) is 8. The lowest BCUT2D eigenvalue weighted by atomic mass is 9.44. The number of rotatable bonds is 12. The first-order valence-electron chi connectivity index (χ1n) is 15.6. The standard InChI is InChI=1S/C29H52O10S2/c1-5-19(18(2)16-30)6-7-20(17-38-40(32,33)34)22-10-11-23-21-8-9-25-27(31)26(39-41(35,36)37)13-15-29(25,4)24(21)12-14-28(22,23)3/h18-27,30-31H,5-17H2,1-4H3,(H,32,33,34)(H,35,36,37). The molecule has 240 valence electrons. The van der Waals surface area contributed by atoms with Gasteiger partial charge in [0.1, 0.15) is 6.10 Å². The molecule has 0 spiro atoms. The molecule has 12 atom stereocenters. The maximum absolute atomic E-state index is 11.6. The van der Waals surface area contributed by atoms with Crippen LogP contribution in [0.3, 0.4) is 0 Å². The average Bonchev–Trinajstić information content (AvgIpc) is 3.23. The first kappa shape index (κ1) is 33.6. The zero-order valence-electron chi connectivity index (χ0n) is 25.0. The molecule has 0 bridgehead atoms. The van der Waals surface area contributed by atoms with Crippen LogP contribution >= 0.6 is 0 Å². The lowest BCUT2D eigenvalue weighted by molar-refractivity contribution is -0.171. The molecule has 4 saturated carbocycles. The number of fused-ring (bicyclic) bond motifs is 5. The van der Waals surface area contributed by atoms with Crippen LogP contribution in [0.25, 0.3) is 0 Å². The third kappa shape index (κ3) is 7.00. The van der Waals surface area contributed by atoms with Crippen molar-refractivity contribution < 1.29 is 44.5 Å². The molecule has 0 aromatic rings. The van der Waals surface area contributed by atoms with E-state index in [9.17, 15) is 36.2 Å². The number of hydrogen-bond donors (Lipinski definition) is 4. The van der Waals surface area contributed by atoms with Crippen molar-refractivity contribution in [2.45, 2.75) is 111 Å². The van der Waals surface area contributed by atoms with Crippen molar-refractivity contribution in [1.29, 1.82) is 0 Å². The minimum atomic E-state index is -4.64. The minimum Gasteiger partial charge on any atom is -0.396 e. The fraction of sp³-hybridized carbons (Fsp3) is 1.00. The second-order valence-corrected chi connectivity index (χ2v) is 16.4. The fourth-order valence-corrected chi connectivity index (χ4v) is 11.3. The van der Waals surface area contributed by atoms with E-state index in [-0.39, 0.29) is 47.7 Å². The molecule has 4 rings (SSSR count). The molecule has 4 N–H and O–H groups in total. The van der Waals surface area contributed by atoms with Gasteiger partial charge in [-0.05, 0) is 122 Å². The molecule has 0 aromatic carbocycles. The molecule has 0 heterocycles. The summed E-state index contributed by atoms with van der Waals surface area (Å²) in [5, 5.41) is 20.9. The molecule has 0 aromatic heterocycles. The summed E-state index contributed by atoms with van der Waals surface area (Å²) in [6, 6.07) is 0. The molecule has 0 saturated heterocycles. The number of aliphatic hydroxyl groups is 2. The monoisotopic (exact) mass is 624 g/mol. The molecule has 0 amide bonds. The van der Waals surface area contributed by atoms with E-state index in [2.05, 4.69) is 20.8 Å². The fourth-order valence-electron chi connectivity index (χ4n) is 10.4. The quantitative estimate of drug-likeness (QED) is 0.224. The van der Waals surface area contributed by atoms with Gasteiger partial charge in [0.25, 0.3) is 0 Å². The summed E-state index contributed by atoms with van der Waals surface area (Å²) >= 11 is 0. The third-order valence-corrected chi connectivity index (χ3v) is 13.5. The van der Waals surface area contributed by atoms with E-state index >= 15 is 0 Å². The molecule has 4 fully saturated rings. The van der Waals surface area contributed by atoms with Gasteiger partial charge < -0.3 is 10.2 Å². The predicted octanol–water partition coefficient (Wildman–Crippen LogP) is 4.67. The molecule has 12 heteroatoms. The maximum atomic E-state index is 11.6. The van der Waals surface area contributed by atoms with E-state index in [1.165, 1.54) is 0 Å². The highest BCUT2D eigenvalue weighted by atomic mass is 32.3. The third-order valence-electron chi connectivity index (χ3n) is 12.5. The van der Waals surface area contributed by atoms with E-state index in [1.807, 2.05) is 6.92 Å². The van der Waals surface area contributed by atoms with Crippen LogP contribution in [0.1, 0.15) is 98.3 Å². The highest BCUT2D eigenvalue weighted by Crippen LogP contribution is 2.68. The van der Waals surface area contributed by atoms with Crippen LogP contribution in [-0.4, -0.2) is 61.6 Å². The molecule has 4 aliphatic carbocycles. The summed E-state index contributed by atoms with van der Waals surface area (Å²) in [4.78, 5) is 0. The van der Waals surface area contributed by atoms with E-state index in [4.69, 9.17) is 8.37 Å². The zero-order chi connectivity index (χ0) is 30.4. The SMILES string of the molecule is CCC(CCC(COS(=O)(=O)O)C1CCC2C3CCC4C(O)C(OS(=O)(=O)O)CCC4(C)C3CCC12C)C(C)CO. The smallest absolute Gasteiger partial charge is 0.396 e. The Morgan fingerprint density at radius 1 is 0.854 bits per heavy atom. The second-order valence-electron chi connectivity index (χ2n) is 14.3. The topological polar surface area (TPSA) is 168 Å². The van der Waals surface area contributed by atoms with Gasteiger partial charge in [-0.15, -0.1) is 0 Å². The first-order chi connectivity index (χ1) is 19.0. The Labute approximate surface area is 246 Å². The van der Waals surface area contributed by atoms with E-state index in [0.29, 0.717) is 30.1 Å². The predicted molar refractivity (Wildman–Crippen MR) is 153 cm³/mol. The molecule has 12 unspecified atom stereocenters. The lowest BCUT2D eigenvalue weighted by Gasteiger charge is -2.62. The Kier molecular flexibility index (Phi) is 10.3. The van der Waals surface area contributed by atoms with Crippen molar-refractivity contribution in [2.75, 3.05) is 13.2 Å². The van der Waals surface area contributed by atoms with Gasteiger partial charge >= 0.3 is 20.8 Å². The summed E-state index contributed by atoms with van der Waals surface area (Å²) in [5.41, 5.74) is -0.144. The van der Waals surface area contributed by atoms with Gasteiger partial charge in [-0.1, -0.05) is 34.1 Å². The van der Waals surface area contributed by atoms with Crippen molar-refractivity contribution in [3.63, 3.8) is 0 Å². The second kappa shape index (κ2) is 12.6. The highest BCUT2D eigenvalue weighted by Gasteiger charge is 2.62. The van der Waals surface area contributed by atoms with E-state index < -0.39 is 33.0 Å². The van der Waals surface area contributed by atoms with Gasteiger partial charge in [0.05, 0.1) is 12.7 Å². The largest absolute Gasteiger partial charge is 0.397 e. The van der Waals surface area contributed by atoms with Crippen molar-refractivity contribution in [2.24, 2.45) is 58.2 Å². The van der Waals surface area contributed by atoms with Crippen molar-refractivity contribution in [3.05, 3.63) is 0 Å². The Morgan fingerprint density at radius 3 is 2.10 bits per heavy atom. The summed E-state index contributed by atoms with van der Waals surface area (Å²) < 4.78 is 74.3. The molecular weight excluding hydrogens is 572 g/mol. The minimum absolute atomic E-state index is 0.00576. The van der Waals surface area contributed by atoms with Crippen molar-refractivity contribution in [3.8, 4) is 0 Å². The summed E-state index contributed by atoms with van der Waals surface area (Å²) in [7, 11) is -9.19. The van der Waals surface area contributed by atoms with Crippen LogP contribution in [0, 0.1) is 58.2 Å². The van der Waals surface area contributed by atoms with Crippen LogP contribution in [0.5, 0.6) is 0 Å². The van der Waals surface area contributed by atoms with Crippen LogP contribution in [0.4, 0.5) is 0 Å².